The van der Waals surface area contributed by atoms with Crippen LogP contribution in [0.1, 0.15) is 23.2 Å². The molecule has 0 aromatic heterocycles. The number of guanidine groups is 1. The lowest BCUT2D eigenvalue weighted by Gasteiger charge is -2.28. The second-order valence-electron chi connectivity index (χ2n) is 7.44. The standard InChI is InChI=1S/C25H28N6O2/c26-19-13-15-21(16-14-19)31(20-10-5-2-6-11-20)24(33)22(12-7-17-29-25(27)28)30-23(32)18-8-3-1-4-9-18/h1-6,8-11,13-16,22H,7,12,17,26H2,(H,30,32)(H4,27,28,29)/t22-/m0/s1. The van der Waals surface area contributed by atoms with E-state index in [2.05, 4.69) is 10.3 Å². The van der Waals surface area contributed by atoms with Gasteiger partial charge in [0.15, 0.2) is 5.96 Å². The molecular weight excluding hydrogens is 416 g/mol. The maximum Gasteiger partial charge on any atom is 0.254 e. The van der Waals surface area contributed by atoms with Crippen molar-refractivity contribution in [1.29, 1.82) is 0 Å². The van der Waals surface area contributed by atoms with Gasteiger partial charge in [0.1, 0.15) is 6.04 Å². The molecule has 3 aromatic carbocycles. The van der Waals surface area contributed by atoms with Crippen LogP contribution in [0.25, 0.3) is 0 Å². The molecule has 0 fully saturated rings. The van der Waals surface area contributed by atoms with E-state index in [-0.39, 0.29) is 17.8 Å². The van der Waals surface area contributed by atoms with Crippen molar-refractivity contribution >= 4 is 34.8 Å². The number of amides is 2. The molecule has 3 aromatic rings. The van der Waals surface area contributed by atoms with E-state index in [9.17, 15) is 9.59 Å². The molecule has 8 heteroatoms. The van der Waals surface area contributed by atoms with Gasteiger partial charge in [0.05, 0.1) is 0 Å². The van der Waals surface area contributed by atoms with Crippen LogP contribution in [0.4, 0.5) is 17.1 Å². The summed E-state index contributed by atoms with van der Waals surface area (Å²) in [5.41, 5.74) is 19.0. The molecule has 33 heavy (non-hydrogen) atoms. The molecule has 0 aliphatic rings. The number of rotatable bonds is 9. The van der Waals surface area contributed by atoms with Gasteiger partial charge in [-0.1, -0.05) is 36.4 Å². The highest BCUT2D eigenvalue weighted by Gasteiger charge is 2.28. The number of hydrogen-bond donors (Lipinski definition) is 4. The molecule has 2 amide bonds. The van der Waals surface area contributed by atoms with E-state index < -0.39 is 6.04 Å². The SMILES string of the molecule is NC(N)=NCCC[C@H](NC(=O)c1ccccc1)C(=O)N(c1ccccc1)c1ccc(N)cc1. The topological polar surface area (TPSA) is 140 Å². The van der Waals surface area contributed by atoms with Crippen molar-refractivity contribution in [2.45, 2.75) is 18.9 Å². The molecule has 0 bridgehead atoms. The number of anilines is 3. The number of carbonyl (C=O) groups is 2. The van der Waals surface area contributed by atoms with Crippen LogP contribution >= 0.6 is 0 Å². The Bertz CT molecular complexity index is 1080. The lowest BCUT2D eigenvalue weighted by Crippen LogP contribution is -2.47. The minimum atomic E-state index is -0.801. The average molecular weight is 445 g/mol. The van der Waals surface area contributed by atoms with Gasteiger partial charge in [-0.05, 0) is 61.4 Å². The highest BCUT2D eigenvalue weighted by molar-refractivity contribution is 6.06. The van der Waals surface area contributed by atoms with Gasteiger partial charge in [0.2, 0.25) is 0 Å². The first-order valence-corrected chi connectivity index (χ1v) is 10.6. The molecule has 0 aliphatic heterocycles. The summed E-state index contributed by atoms with van der Waals surface area (Å²) in [5, 5.41) is 2.89. The Morgan fingerprint density at radius 1 is 0.848 bits per heavy atom. The van der Waals surface area contributed by atoms with Crippen LogP contribution in [0.15, 0.2) is 89.9 Å². The van der Waals surface area contributed by atoms with Gasteiger partial charge in [-0.2, -0.15) is 0 Å². The summed E-state index contributed by atoms with van der Waals surface area (Å²) >= 11 is 0. The van der Waals surface area contributed by atoms with Crippen molar-refractivity contribution < 1.29 is 9.59 Å². The van der Waals surface area contributed by atoms with Crippen molar-refractivity contribution in [1.82, 2.24) is 5.32 Å². The van der Waals surface area contributed by atoms with Crippen molar-refractivity contribution in [2.24, 2.45) is 16.5 Å². The zero-order valence-corrected chi connectivity index (χ0v) is 18.2. The predicted octanol–water partition coefficient (Wildman–Crippen LogP) is 2.79. The largest absolute Gasteiger partial charge is 0.399 e. The van der Waals surface area contributed by atoms with Crippen LogP contribution in [0.5, 0.6) is 0 Å². The number of benzene rings is 3. The van der Waals surface area contributed by atoms with Gasteiger partial charge < -0.3 is 22.5 Å². The van der Waals surface area contributed by atoms with Crippen LogP contribution in [-0.2, 0) is 4.79 Å². The molecule has 1 atom stereocenters. The van der Waals surface area contributed by atoms with Gasteiger partial charge in [-0.15, -0.1) is 0 Å². The third-order valence-corrected chi connectivity index (χ3v) is 4.97. The lowest BCUT2D eigenvalue weighted by atomic mass is 10.1. The summed E-state index contributed by atoms with van der Waals surface area (Å²) in [6.45, 7) is 0.348. The summed E-state index contributed by atoms with van der Waals surface area (Å²) in [7, 11) is 0. The molecular formula is C25H28N6O2. The first-order valence-electron chi connectivity index (χ1n) is 10.6. The fourth-order valence-corrected chi connectivity index (χ4v) is 3.35. The van der Waals surface area contributed by atoms with Crippen LogP contribution in [0.3, 0.4) is 0 Å². The monoisotopic (exact) mass is 444 g/mol. The molecule has 0 saturated carbocycles. The van der Waals surface area contributed by atoms with Crippen molar-refractivity contribution in [3.05, 3.63) is 90.5 Å². The number of para-hydroxylation sites is 1. The van der Waals surface area contributed by atoms with E-state index >= 15 is 0 Å². The average Bonchev–Trinajstić information content (AvgIpc) is 2.83. The second kappa shape index (κ2) is 11.3. The zero-order valence-electron chi connectivity index (χ0n) is 18.2. The number of hydrogen-bond acceptors (Lipinski definition) is 4. The summed E-state index contributed by atoms with van der Waals surface area (Å²) < 4.78 is 0. The Labute approximate surface area is 193 Å². The zero-order chi connectivity index (χ0) is 23.6. The quantitative estimate of drug-likeness (QED) is 0.174. The second-order valence-corrected chi connectivity index (χ2v) is 7.44. The van der Waals surface area contributed by atoms with Crippen LogP contribution in [0, 0.1) is 0 Å². The van der Waals surface area contributed by atoms with E-state index in [0.29, 0.717) is 42.0 Å². The predicted molar refractivity (Wildman–Crippen MR) is 132 cm³/mol. The van der Waals surface area contributed by atoms with E-state index in [1.807, 2.05) is 36.4 Å². The minimum Gasteiger partial charge on any atom is -0.399 e. The Kier molecular flexibility index (Phi) is 8.02. The lowest BCUT2D eigenvalue weighted by molar-refractivity contribution is -0.119. The van der Waals surface area contributed by atoms with E-state index in [1.54, 1.807) is 53.4 Å². The maximum atomic E-state index is 13.8. The maximum absolute atomic E-state index is 13.8. The molecule has 3 rings (SSSR count). The van der Waals surface area contributed by atoms with Crippen LogP contribution < -0.4 is 27.4 Å². The molecule has 7 N–H and O–H groups in total. The Morgan fingerprint density at radius 3 is 2.03 bits per heavy atom. The van der Waals surface area contributed by atoms with Gasteiger partial charge in [-0.3, -0.25) is 19.5 Å². The molecule has 0 radical (unpaired) electrons. The van der Waals surface area contributed by atoms with Gasteiger partial charge in [0.25, 0.3) is 11.8 Å². The number of nitrogens with two attached hydrogens (primary N) is 3. The van der Waals surface area contributed by atoms with E-state index in [4.69, 9.17) is 17.2 Å². The Morgan fingerprint density at radius 2 is 1.42 bits per heavy atom. The number of nitrogen functional groups attached to an aromatic ring is 1. The first-order chi connectivity index (χ1) is 16.0. The number of aliphatic imine (C=N–C) groups is 1. The third-order valence-electron chi connectivity index (χ3n) is 4.97. The number of nitrogens with one attached hydrogen (secondary N) is 1. The van der Waals surface area contributed by atoms with Crippen molar-refractivity contribution in [3.63, 3.8) is 0 Å². The summed E-state index contributed by atoms with van der Waals surface area (Å²) in [6, 6.07) is 24.2. The number of carbonyl (C=O) groups excluding carboxylic acids is 2. The van der Waals surface area contributed by atoms with E-state index in [0.717, 1.165) is 0 Å². The number of nitrogens with zero attached hydrogens (tertiary/aromatic N) is 2. The summed E-state index contributed by atoms with van der Waals surface area (Å²) in [6.07, 6.45) is 0.861. The molecule has 0 spiro atoms. The fourth-order valence-electron chi connectivity index (χ4n) is 3.35. The Balaban J connectivity index is 1.92. The van der Waals surface area contributed by atoms with Crippen molar-refractivity contribution in [3.8, 4) is 0 Å². The highest BCUT2D eigenvalue weighted by atomic mass is 16.2. The van der Waals surface area contributed by atoms with Crippen LogP contribution in [-0.4, -0.2) is 30.4 Å². The van der Waals surface area contributed by atoms with Crippen LogP contribution in [0.2, 0.25) is 0 Å². The van der Waals surface area contributed by atoms with Gasteiger partial charge in [-0.25, -0.2) is 0 Å². The highest BCUT2D eigenvalue weighted by Crippen LogP contribution is 2.27. The van der Waals surface area contributed by atoms with Crippen molar-refractivity contribution in [2.75, 3.05) is 17.2 Å². The van der Waals surface area contributed by atoms with E-state index in [1.165, 1.54) is 0 Å². The normalized spacial score (nSPS) is 11.3. The molecule has 0 saturated heterocycles. The van der Waals surface area contributed by atoms with Gasteiger partial charge >= 0.3 is 0 Å². The smallest absolute Gasteiger partial charge is 0.254 e. The Hall–Kier alpha value is -4.33. The summed E-state index contributed by atoms with van der Waals surface area (Å²) in [4.78, 5) is 32.3. The molecule has 0 aliphatic carbocycles. The summed E-state index contributed by atoms with van der Waals surface area (Å²) in [5.74, 6) is -0.625. The molecule has 0 unspecified atom stereocenters. The third kappa shape index (κ3) is 6.57. The molecule has 0 heterocycles. The minimum absolute atomic E-state index is 0.0148. The molecule has 170 valence electrons. The molecule has 8 nitrogen and oxygen atoms in total. The fraction of sp³-hybridized carbons (Fsp3) is 0.160. The van der Waals surface area contributed by atoms with Gasteiger partial charge in [0, 0.05) is 29.2 Å². The first kappa shape index (κ1) is 23.3.